The van der Waals surface area contributed by atoms with E-state index in [1.807, 2.05) is 11.8 Å². The third-order valence-corrected chi connectivity index (χ3v) is 2.97. The summed E-state index contributed by atoms with van der Waals surface area (Å²) < 4.78 is 0. The van der Waals surface area contributed by atoms with Gasteiger partial charge in [-0.25, -0.2) is 0 Å². The predicted octanol–water partition coefficient (Wildman–Crippen LogP) is -1.05. The minimum Gasteiger partial charge on any atom is -0.396 e. The maximum Gasteiger partial charge on any atom is 0.0899 e. The van der Waals surface area contributed by atoms with Crippen LogP contribution in [0.5, 0.6) is 0 Å². The fourth-order valence-corrected chi connectivity index (χ4v) is 1.71. The van der Waals surface area contributed by atoms with Crippen LogP contribution in [0.3, 0.4) is 0 Å². The van der Waals surface area contributed by atoms with E-state index >= 15 is 0 Å². The van der Waals surface area contributed by atoms with Crippen LogP contribution in [0, 0.1) is 5.92 Å². The van der Waals surface area contributed by atoms with Crippen LogP contribution in [0.25, 0.3) is 0 Å². The Morgan fingerprint density at radius 1 is 1.69 bits per heavy atom. The van der Waals surface area contributed by atoms with Crippen molar-refractivity contribution in [3.05, 3.63) is 0 Å². The van der Waals surface area contributed by atoms with Gasteiger partial charge < -0.3 is 15.9 Å². The summed E-state index contributed by atoms with van der Waals surface area (Å²) in [5.41, 5.74) is 5.49. The Labute approximate surface area is 83.3 Å². The van der Waals surface area contributed by atoms with Gasteiger partial charge in [0.1, 0.15) is 0 Å². The van der Waals surface area contributed by atoms with Gasteiger partial charge in [-0.2, -0.15) is 0 Å². The molecule has 3 atom stereocenters. The normalized spacial score (nSPS) is 31.9. The molecule has 1 rings (SSSR count). The number of aliphatic hydroxyl groups excluding tert-OH is 2. The number of hydrogen-bond donors (Lipinski definition) is 3. The summed E-state index contributed by atoms with van der Waals surface area (Å²) in [6, 6.07) is 0.00111. The maximum atomic E-state index is 9.50. The van der Waals surface area contributed by atoms with Crippen molar-refractivity contribution in [3.8, 4) is 0 Å². The molecular weight excluding hydrogens is 188 g/mol. The quantitative estimate of drug-likeness (QED) is 0.512. The molecule has 3 unspecified atom stereocenters. The summed E-state index contributed by atoms with van der Waals surface area (Å²) in [6.07, 6.45) is -0.457. The van der Waals surface area contributed by atoms with Gasteiger partial charge in [-0.05, 0) is 6.92 Å². The Morgan fingerprint density at radius 3 is 2.69 bits per heavy atom. The van der Waals surface area contributed by atoms with Crippen LogP contribution in [0.1, 0.15) is 6.92 Å². The molecular formula is C8H16N2O2S. The topological polar surface area (TPSA) is 69.7 Å². The molecule has 0 bridgehead atoms. The Bertz CT molecular complexity index is 201. The fraction of sp³-hybridized carbons (Fsp3) is 0.875. The molecule has 0 radical (unpaired) electrons. The Morgan fingerprint density at radius 2 is 2.31 bits per heavy atom. The first kappa shape index (κ1) is 10.8. The third-order valence-electron chi connectivity index (χ3n) is 2.63. The van der Waals surface area contributed by atoms with Gasteiger partial charge in [-0.1, -0.05) is 12.2 Å². The molecule has 1 saturated heterocycles. The number of nitrogens with two attached hydrogens (primary N) is 1. The zero-order chi connectivity index (χ0) is 10.0. The lowest BCUT2D eigenvalue weighted by Crippen LogP contribution is -2.40. The predicted molar refractivity (Wildman–Crippen MR) is 54.4 cm³/mol. The van der Waals surface area contributed by atoms with Crippen molar-refractivity contribution >= 4 is 17.2 Å². The van der Waals surface area contributed by atoms with Crippen LogP contribution < -0.4 is 5.73 Å². The number of nitrogens with zero attached hydrogens (tertiary/aromatic N) is 1. The summed E-state index contributed by atoms with van der Waals surface area (Å²) in [6.45, 7) is 3.14. The van der Waals surface area contributed by atoms with E-state index in [9.17, 15) is 5.11 Å². The summed E-state index contributed by atoms with van der Waals surface area (Å²) in [5.74, 6) is -0.0585. The molecule has 0 saturated carbocycles. The lowest BCUT2D eigenvalue weighted by Gasteiger charge is -2.22. The zero-order valence-electron chi connectivity index (χ0n) is 7.68. The molecule has 1 aliphatic heterocycles. The first-order valence-corrected chi connectivity index (χ1v) is 4.79. The zero-order valence-corrected chi connectivity index (χ0v) is 8.50. The molecule has 4 N–H and O–H groups in total. The molecule has 0 aromatic rings. The highest BCUT2D eigenvalue weighted by Crippen LogP contribution is 2.18. The van der Waals surface area contributed by atoms with Crippen LogP contribution in [0.2, 0.25) is 0 Å². The van der Waals surface area contributed by atoms with Crippen molar-refractivity contribution in [3.63, 3.8) is 0 Å². The lowest BCUT2D eigenvalue weighted by atomic mass is 10.1. The van der Waals surface area contributed by atoms with Crippen LogP contribution >= 0.6 is 12.2 Å². The van der Waals surface area contributed by atoms with Gasteiger partial charge in [0.2, 0.25) is 0 Å². The first-order chi connectivity index (χ1) is 6.06. The molecule has 0 spiro atoms. The number of aliphatic hydroxyl groups is 2. The van der Waals surface area contributed by atoms with Crippen molar-refractivity contribution in [2.24, 2.45) is 11.7 Å². The number of hydrogen-bond acceptors (Lipinski definition) is 4. The molecule has 1 heterocycles. The van der Waals surface area contributed by atoms with E-state index in [1.165, 1.54) is 0 Å². The average molecular weight is 204 g/mol. The average Bonchev–Trinajstić information content (AvgIpc) is 2.45. The highest BCUT2D eigenvalue weighted by molar-refractivity contribution is 7.80. The van der Waals surface area contributed by atoms with Crippen LogP contribution in [-0.4, -0.2) is 51.9 Å². The van der Waals surface area contributed by atoms with Crippen LogP contribution in [0.4, 0.5) is 0 Å². The van der Waals surface area contributed by atoms with Gasteiger partial charge in [0.25, 0.3) is 0 Å². The minimum absolute atomic E-state index is 0.00111. The van der Waals surface area contributed by atoms with Gasteiger partial charge >= 0.3 is 0 Å². The molecule has 0 aromatic heterocycles. The van der Waals surface area contributed by atoms with E-state index in [0.29, 0.717) is 18.1 Å². The Balaban J connectivity index is 2.52. The van der Waals surface area contributed by atoms with Gasteiger partial charge in [0, 0.05) is 25.6 Å². The SMILES string of the molecule is CC(C(N)=S)N1CC(O)C(CO)C1. The molecule has 5 heteroatoms. The summed E-state index contributed by atoms with van der Waals surface area (Å²) in [4.78, 5) is 2.43. The van der Waals surface area contributed by atoms with E-state index in [-0.39, 0.29) is 18.6 Å². The van der Waals surface area contributed by atoms with E-state index in [1.54, 1.807) is 0 Å². The van der Waals surface area contributed by atoms with E-state index < -0.39 is 6.10 Å². The third kappa shape index (κ3) is 2.37. The van der Waals surface area contributed by atoms with Gasteiger partial charge in [0.15, 0.2) is 0 Å². The van der Waals surface area contributed by atoms with Gasteiger partial charge in [-0.15, -0.1) is 0 Å². The smallest absolute Gasteiger partial charge is 0.0899 e. The highest BCUT2D eigenvalue weighted by atomic mass is 32.1. The standard InChI is InChI=1S/C8H16N2O2S/c1-5(8(9)13)10-2-6(4-11)7(12)3-10/h5-7,11-12H,2-4H2,1H3,(H2,9,13). The minimum atomic E-state index is -0.457. The van der Waals surface area contributed by atoms with Crippen molar-refractivity contribution in [2.75, 3.05) is 19.7 Å². The number of likely N-dealkylation sites (tertiary alicyclic amines) is 1. The van der Waals surface area contributed by atoms with Crippen LogP contribution in [-0.2, 0) is 0 Å². The van der Waals surface area contributed by atoms with Gasteiger partial charge in [-0.3, -0.25) is 4.90 Å². The monoisotopic (exact) mass is 204 g/mol. The van der Waals surface area contributed by atoms with Crippen molar-refractivity contribution in [1.82, 2.24) is 4.90 Å². The Hall–Kier alpha value is -0.230. The second kappa shape index (κ2) is 4.32. The Kier molecular flexibility index (Phi) is 3.61. The molecule has 0 aliphatic carbocycles. The fourth-order valence-electron chi connectivity index (χ4n) is 1.56. The molecule has 0 amide bonds. The number of rotatable bonds is 3. The second-order valence-corrected chi connectivity index (χ2v) is 4.01. The van der Waals surface area contributed by atoms with E-state index in [0.717, 1.165) is 0 Å². The number of thiocarbonyl (C=S) groups is 1. The molecule has 0 aromatic carbocycles. The second-order valence-electron chi connectivity index (χ2n) is 3.54. The van der Waals surface area contributed by atoms with Crippen molar-refractivity contribution < 1.29 is 10.2 Å². The maximum absolute atomic E-state index is 9.50. The largest absolute Gasteiger partial charge is 0.396 e. The summed E-state index contributed by atoms with van der Waals surface area (Å²) in [7, 11) is 0. The molecule has 1 aliphatic rings. The van der Waals surface area contributed by atoms with Crippen molar-refractivity contribution in [2.45, 2.75) is 19.1 Å². The van der Waals surface area contributed by atoms with E-state index in [4.69, 9.17) is 23.1 Å². The summed E-state index contributed by atoms with van der Waals surface area (Å²) in [5, 5.41) is 18.4. The first-order valence-electron chi connectivity index (χ1n) is 4.38. The lowest BCUT2D eigenvalue weighted by molar-refractivity contribution is 0.103. The van der Waals surface area contributed by atoms with E-state index in [2.05, 4.69) is 0 Å². The molecule has 4 nitrogen and oxygen atoms in total. The molecule has 13 heavy (non-hydrogen) atoms. The van der Waals surface area contributed by atoms with Crippen LogP contribution in [0.15, 0.2) is 0 Å². The van der Waals surface area contributed by atoms with Gasteiger partial charge in [0.05, 0.1) is 17.1 Å². The summed E-state index contributed by atoms with van der Waals surface area (Å²) >= 11 is 4.86. The number of β-amino-alcohol motifs (C(OH)–C–C–N with tert-alkyl or cyclic N) is 1. The molecule has 76 valence electrons. The van der Waals surface area contributed by atoms with Crippen molar-refractivity contribution in [1.29, 1.82) is 0 Å². The molecule has 1 fully saturated rings. The highest BCUT2D eigenvalue weighted by Gasteiger charge is 2.33.